The zero-order chi connectivity index (χ0) is 14.5. The summed E-state index contributed by atoms with van der Waals surface area (Å²) < 4.78 is 0. The van der Waals surface area contributed by atoms with Crippen molar-refractivity contribution in [2.24, 2.45) is 0 Å². The fourth-order valence-corrected chi connectivity index (χ4v) is 1.90. The Bertz CT molecular complexity index is 306. The van der Waals surface area contributed by atoms with Crippen LogP contribution in [0.2, 0.25) is 0 Å². The number of carbonyl (C=O) groups is 1. The largest absolute Gasteiger partial charge is 0.287 e. The van der Waals surface area contributed by atoms with Crippen LogP contribution in [0.5, 0.6) is 0 Å². The standard InChI is InChI=1S/C16H30N2O/c1-5-8-9-10-11-12-13-17-18-16(19)15(7-3)14(4)6-2/h6-7,17H,5,8-13H2,1-4H3,(H,18,19)/b14-6-,15-7+. The normalized spacial score (nSPS) is 12.6. The maximum atomic E-state index is 11.9. The third kappa shape index (κ3) is 8.60. The Kier molecular flexibility index (Phi) is 11.3. The van der Waals surface area contributed by atoms with Crippen molar-refractivity contribution < 1.29 is 4.79 Å². The van der Waals surface area contributed by atoms with Crippen LogP contribution in [0.1, 0.15) is 66.2 Å². The van der Waals surface area contributed by atoms with E-state index in [0.29, 0.717) is 0 Å². The third-order valence-electron chi connectivity index (χ3n) is 3.25. The Hall–Kier alpha value is -1.09. The smallest absolute Gasteiger partial charge is 0.265 e. The van der Waals surface area contributed by atoms with E-state index in [4.69, 9.17) is 0 Å². The van der Waals surface area contributed by atoms with Gasteiger partial charge >= 0.3 is 0 Å². The second-order valence-corrected chi connectivity index (χ2v) is 4.82. The van der Waals surface area contributed by atoms with Crippen molar-refractivity contribution in [2.75, 3.05) is 6.54 Å². The van der Waals surface area contributed by atoms with Gasteiger partial charge in [-0.25, -0.2) is 5.43 Å². The molecule has 0 atom stereocenters. The first-order valence-electron chi connectivity index (χ1n) is 7.50. The van der Waals surface area contributed by atoms with E-state index in [2.05, 4.69) is 17.8 Å². The summed E-state index contributed by atoms with van der Waals surface area (Å²) in [4.78, 5) is 11.9. The molecule has 0 spiro atoms. The molecule has 0 aromatic heterocycles. The number of unbranched alkanes of at least 4 members (excludes halogenated alkanes) is 5. The highest BCUT2D eigenvalue weighted by molar-refractivity contribution is 5.97. The molecule has 1 amide bonds. The molecule has 0 saturated heterocycles. The number of rotatable bonds is 10. The number of hydrogen-bond acceptors (Lipinski definition) is 2. The molecule has 2 N–H and O–H groups in total. The van der Waals surface area contributed by atoms with E-state index < -0.39 is 0 Å². The SMILES string of the molecule is C/C=C(C)\C(=C/C)C(=O)NNCCCCCCCC. The van der Waals surface area contributed by atoms with Gasteiger partial charge in [-0.3, -0.25) is 10.2 Å². The highest BCUT2D eigenvalue weighted by Gasteiger charge is 2.08. The minimum absolute atomic E-state index is 0.0518. The first-order chi connectivity index (χ1) is 9.17. The molecule has 19 heavy (non-hydrogen) atoms. The van der Waals surface area contributed by atoms with Crippen LogP contribution in [0.3, 0.4) is 0 Å². The zero-order valence-electron chi connectivity index (χ0n) is 13.0. The number of allylic oxidation sites excluding steroid dienone is 2. The van der Waals surface area contributed by atoms with Gasteiger partial charge in [-0.1, -0.05) is 51.2 Å². The van der Waals surface area contributed by atoms with E-state index in [1.54, 1.807) is 0 Å². The van der Waals surface area contributed by atoms with Crippen LogP contribution in [0.25, 0.3) is 0 Å². The van der Waals surface area contributed by atoms with E-state index >= 15 is 0 Å². The molecular formula is C16H30N2O. The van der Waals surface area contributed by atoms with Crippen molar-refractivity contribution in [2.45, 2.75) is 66.2 Å². The minimum Gasteiger partial charge on any atom is -0.287 e. The lowest BCUT2D eigenvalue weighted by molar-refractivity contribution is -0.118. The Labute approximate surface area is 118 Å². The molecule has 0 aromatic rings. The molecule has 0 aliphatic carbocycles. The van der Waals surface area contributed by atoms with Gasteiger partial charge in [-0.15, -0.1) is 0 Å². The molecule has 0 aliphatic heterocycles. The summed E-state index contributed by atoms with van der Waals surface area (Å²) in [6, 6.07) is 0. The Morgan fingerprint density at radius 3 is 2.21 bits per heavy atom. The average molecular weight is 266 g/mol. The van der Waals surface area contributed by atoms with Crippen LogP contribution in [0, 0.1) is 0 Å². The molecular weight excluding hydrogens is 236 g/mol. The molecule has 0 fully saturated rings. The van der Waals surface area contributed by atoms with Crippen LogP contribution in [-0.4, -0.2) is 12.5 Å². The molecule has 0 unspecified atom stereocenters. The molecule has 0 bridgehead atoms. The quantitative estimate of drug-likeness (QED) is 0.273. The molecule has 3 heteroatoms. The van der Waals surface area contributed by atoms with Crippen LogP contribution < -0.4 is 10.9 Å². The second-order valence-electron chi connectivity index (χ2n) is 4.82. The molecule has 0 rings (SSSR count). The highest BCUT2D eigenvalue weighted by Crippen LogP contribution is 2.08. The summed E-state index contributed by atoms with van der Waals surface area (Å²) in [5.41, 5.74) is 7.49. The lowest BCUT2D eigenvalue weighted by atomic mass is 10.1. The molecule has 110 valence electrons. The lowest BCUT2D eigenvalue weighted by Gasteiger charge is -2.10. The van der Waals surface area contributed by atoms with Crippen molar-refractivity contribution in [1.29, 1.82) is 0 Å². The van der Waals surface area contributed by atoms with Gasteiger partial charge < -0.3 is 0 Å². The van der Waals surface area contributed by atoms with Gasteiger partial charge in [0.2, 0.25) is 0 Å². The summed E-state index contributed by atoms with van der Waals surface area (Å²) in [6.45, 7) is 8.83. The van der Waals surface area contributed by atoms with Gasteiger partial charge in [0.15, 0.2) is 0 Å². The van der Waals surface area contributed by atoms with Crippen LogP contribution in [0.4, 0.5) is 0 Å². The van der Waals surface area contributed by atoms with Crippen molar-refractivity contribution in [3.63, 3.8) is 0 Å². The summed E-state index contributed by atoms with van der Waals surface area (Å²) >= 11 is 0. The summed E-state index contributed by atoms with van der Waals surface area (Å²) in [7, 11) is 0. The maximum absolute atomic E-state index is 11.9. The number of carbonyl (C=O) groups excluding carboxylic acids is 1. The maximum Gasteiger partial charge on any atom is 0.265 e. The molecule has 0 heterocycles. The minimum atomic E-state index is -0.0518. The van der Waals surface area contributed by atoms with Crippen LogP contribution in [0.15, 0.2) is 23.3 Å². The average Bonchev–Trinajstić information content (AvgIpc) is 2.42. The Morgan fingerprint density at radius 2 is 1.63 bits per heavy atom. The van der Waals surface area contributed by atoms with Gasteiger partial charge in [-0.05, 0) is 32.8 Å². The van der Waals surface area contributed by atoms with Gasteiger partial charge in [0, 0.05) is 12.1 Å². The van der Waals surface area contributed by atoms with Crippen molar-refractivity contribution in [3.05, 3.63) is 23.3 Å². The van der Waals surface area contributed by atoms with Crippen LogP contribution >= 0.6 is 0 Å². The van der Waals surface area contributed by atoms with Gasteiger partial charge in [0.25, 0.3) is 5.91 Å². The van der Waals surface area contributed by atoms with Crippen molar-refractivity contribution >= 4 is 5.91 Å². The van der Waals surface area contributed by atoms with Crippen molar-refractivity contribution in [3.8, 4) is 0 Å². The second kappa shape index (κ2) is 12.0. The number of hydrazine groups is 1. The fourth-order valence-electron chi connectivity index (χ4n) is 1.90. The number of nitrogens with one attached hydrogen (secondary N) is 2. The molecule has 0 saturated carbocycles. The molecule has 0 aliphatic rings. The Balaban J connectivity index is 3.69. The Morgan fingerprint density at radius 1 is 1.00 bits per heavy atom. The van der Waals surface area contributed by atoms with E-state index in [1.165, 1.54) is 32.1 Å². The zero-order valence-corrected chi connectivity index (χ0v) is 13.0. The monoisotopic (exact) mass is 266 g/mol. The summed E-state index contributed by atoms with van der Waals surface area (Å²) in [6.07, 6.45) is 11.4. The summed E-state index contributed by atoms with van der Waals surface area (Å²) in [5, 5.41) is 0. The lowest BCUT2D eigenvalue weighted by Crippen LogP contribution is -2.39. The number of amides is 1. The highest BCUT2D eigenvalue weighted by atomic mass is 16.2. The predicted molar refractivity (Wildman–Crippen MR) is 82.7 cm³/mol. The van der Waals surface area contributed by atoms with Crippen molar-refractivity contribution in [1.82, 2.24) is 10.9 Å². The molecule has 0 radical (unpaired) electrons. The first-order valence-corrected chi connectivity index (χ1v) is 7.50. The predicted octanol–water partition coefficient (Wildman–Crippen LogP) is 3.88. The van der Waals surface area contributed by atoms with Gasteiger partial charge in [0.1, 0.15) is 0 Å². The van der Waals surface area contributed by atoms with Gasteiger partial charge in [0.05, 0.1) is 0 Å². The number of hydrogen-bond donors (Lipinski definition) is 2. The molecule has 0 aromatic carbocycles. The fraction of sp³-hybridized carbons (Fsp3) is 0.688. The third-order valence-corrected chi connectivity index (χ3v) is 3.25. The van der Waals surface area contributed by atoms with Crippen LogP contribution in [-0.2, 0) is 4.79 Å². The topological polar surface area (TPSA) is 41.1 Å². The first kappa shape index (κ1) is 17.9. The van der Waals surface area contributed by atoms with E-state index in [9.17, 15) is 4.79 Å². The van der Waals surface area contributed by atoms with E-state index in [0.717, 1.165) is 24.1 Å². The van der Waals surface area contributed by atoms with Gasteiger partial charge in [-0.2, -0.15) is 0 Å². The van der Waals surface area contributed by atoms with E-state index in [1.807, 2.05) is 32.9 Å². The van der Waals surface area contributed by atoms with E-state index in [-0.39, 0.29) is 5.91 Å². The molecule has 3 nitrogen and oxygen atoms in total. The summed E-state index contributed by atoms with van der Waals surface area (Å²) in [5.74, 6) is -0.0518.